The highest BCUT2D eigenvalue weighted by atomic mass is 16.5. The third-order valence-corrected chi connectivity index (χ3v) is 2.36. The summed E-state index contributed by atoms with van der Waals surface area (Å²) in [5, 5.41) is 7.59. The summed E-state index contributed by atoms with van der Waals surface area (Å²) in [7, 11) is 0. The third kappa shape index (κ3) is 4.81. The van der Waals surface area contributed by atoms with Crippen LogP contribution in [0.2, 0.25) is 0 Å². The Morgan fingerprint density at radius 1 is 1.47 bits per heavy atom. The molecule has 0 atom stereocenters. The predicted octanol–water partition coefficient (Wildman–Crippen LogP) is 3.92. The first-order valence-electron chi connectivity index (χ1n) is 6.02. The molecule has 1 aromatic rings. The van der Waals surface area contributed by atoms with Crippen molar-refractivity contribution in [2.45, 2.75) is 39.5 Å². The SMILES string of the molecule is CCC/C=C\C(=N)Oc1ccc(C(C)C)cn1. The largest absolute Gasteiger partial charge is 0.421 e. The van der Waals surface area contributed by atoms with Crippen molar-refractivity contribution < 1.29 is 4.74 Å². The molecule has 0 amide bonds. The van der Waals surface area contributed by atoms with Crippen LogP contribution in [0.15, 0.2) is 30.5 Å². The van der Waals surface area contributed by atoms with Crippen LogP contribution in [0.3, 0.4) is 0 Å². The van der Waals surface area contributed by atoms with Gasteiger partial charge in [0, 0.05) is 12.3 Å². The molecule has 0 unspecified atom stereocenters. The standard InChI is InChI=1S/C14H20N2O/c1-4-5-6-7-13(15)17-14-9-8-12(10-16-14)11(2)3/h6-11,15H,4-5H2,1-3H3/b7-6-,15-13?. The lowest BCUT2D eigenvalue weighted by atomic mass is 10.1. The summed E-state index contributed by atoms with van der Waals surface area (Å²) in [6.07, 6.45) is 7.44. The number of rotatable bonds is 5. The molecular weight excluding hydrogens is 212 g/mol. The van der Waals surface area contributed by atoms with Crippen molar-refractivity contribution in [3.8, 4) is 5.88 Å². The molecule has 92 valence electrons. The molecule has 0 bridgehead atoms. The third-order valence-electron chi connectivity index (χ3n) is 2.36. The van der Waals surface area contributed by atoms with Gasteiger partial charge < -0.3 is 4.74 Å². The molecule has 0 saturated heterocycles. The molecular formula is C14H20N2O. The summed E-state index contributed by atoms with van der Waals surface area (Å²) in [6, 6.07) is 3.79. The van der Waals surface area contributed by atoms with E-state index in [0.29, 0.717) is 11.8 Å². The Hall–Kier alpha value is -1.64. The van der Waals surface area contributed by atoms with Crippen molar-refractivity contribution in [3.05, 3.63) is 36.0 Å². The van der Waals surface area contributed by atoms with E-state index in [4.69, 9.17) is 10.1 Å². The highest BCUT2D eigenvalue weighted by Gasteiger charge is 2.01. The number of unbranched alkanes of at least 4 members (excludes halogenated alkanes) is 1. The number of nitrogens with one attached hydrogen (secondary N) is 1. The molecule has 1 rings (SSSR count). The second-order valence-corrected chi connectivity index (χ2v) is 4.24. The number of aromatic nitrogens is 1. The smallest absolute Gasteiger partial charge is 0.221 e. The summed E-state index contributed by atoms with van der Waals surface area (Å²) in [4.78, 5) is 4.17. The minimum atomic E-state index is 0.128. The molecule has 1 aromatic heterocycles. The van der Waals surface area contributed by atoms with Crippen molar-refractivity contribution in [2.24, 2.45) is 0 Å². The van der Waals surface area contributed by atoms with Gasteiger partial charge in [-0.25, -0.2) is 4.98 Å². The van der Waals surface area contributed by atoms with E-state index in [2.05, 4.69) is 25.8 Å². The zero-order valence-electron chi connectivity index (χ0n) is 10.7. The molecule has 3 heteroatoms. The fraction of sp³-hybridized carbons (Fsp3) is 0.429. The average molecular weight is 232 g/mol. The highest BCUT2D eigenvalue weighted by Crippen LogP contribution is 2.15. The van der Waals surface area contributed by atoms with Gasteiger partial charge in [-0.3, -0.25) is 5.41 Å². The van der Waals surface area contributed by atoms with Crippen LogP contribution in [-0.4, -0.2) is 10.9 Å². The van der Waals surface area contributed by atoms with E-state index >= 15 is 0 Å². The maximum Gasteiger partial charge on any atom is 0.221 e. The number of hydrogen-bond donors (Lipinski definition) is 1. The Bertz CT molecular complexity index is 380. The summed E-state index contributed by atoms with van der Waals surface area (Å²) in [5.41, 5.74) is 1.17. The van der Waals surface area contributed by atoms with Gasteiger partial charge in [0.1, 0.15) is 0 Å². The Labute approximate surface area is 103 Å². The molecule has 0 aliphatic heterocycles. The number of hydrogen-bond acceptors (Lipinski definition) is 3. The number of allylic oxidation sites excluding steroid dienone is 1. The molecule has 17 heavy (non-hydrogen) atoms. The van der Waals surface area contributed by atoms with Crippen LogP contribution in [0.1, 0.15) is 45.1 Å². The lowest BCUT2D eigenvalue weighted by Gasteiger charge is -2.06. The Kier molecular flexibility index (Phi) is 5.40. The molecule has 0 aromatic carbocycles. The monoisotopic (exact) mass is 232 g/mol. The topological polar surface area (TPSA) is 46.0 Å². The van der Waals surface area contributed by atoms with Gasteiger partial charge in [-0.1, -0.05) is 39.3 Å². The molecule has 0 fully saturated rings. The Morgan fingerprint density at radius 2 is 2.24 bits per heavy atom. The van der Waals surface area contributed by atoms with Gasteiger partial charge in [0.15, 0.2) is 0 Å². The van der Waals surface area contributed by atoms with E-state index in [9.17, 15) is 0 Å². The van der Waals surface area contributed by atoms with Crippen molar-refractivity contribution in [2.75, 3.05) is 0 Å². The van der Waals surface area contributed by atoms with Gasteiger partial charge >= 0.3 is 0 Å². The van der Waals surface area contributed by atoms with Crippen molar-refractivity contribution in [1.82, 2.24) is 4.98 Å². The average Bonchev–Trinajstić information content (AvgIpc) is 2.30. The lowest BCUT2D eigenvalue weighted by Crippen LogP contribution is -2.04. The fourth-order valence-electron chi connectivity index (χ4n) is 1.30. The van der Waals surface area contributed by atoms with Gasteiger partial charge in [0.05, 0.1) is 0 Å². The molecule has 0 aliphatic carbocycles. The van der Waals surface area contributed by atoms with E-state index < -0.39 is 0 Å². The first kappa shape index (κ1) is 13.4. The summed E-state index contributed by atoms with van der Waals surface area (Å²) < 4.78 is 5.28. The first-order chi connectivity index (χ1) is 8.13. The molecule has 3 nitrogen and oxygen atoms in total. The summed E-state index contributed by atoms with van der Waals surface area (Å²) in [5.74, 6) is 1.06. The molecule has 0 spiro atoms. The van der Waals surface area contributed by atoms with Crippen molar-refractivity contribution >= 4 is 5.90 Å². The van der Waals surface area contributed by atoms with Crippen molar-refractivity contribution in [1.29, 1.82) is 5.41 Å². The van der Waals surface area contributed by atoms with E-state index in [1.165, 1.54) is 5.56 Å². The first-order valence-corrected chi connectivity index (χ1v) is 6.02. The van der Waals surface area contributed by atoms with Gasteiger partial charge in [-0.05, 0) is 24.0 Å². The second-order valence-electron chi connectivity index (χ2n) is 4.24. The molecule has 0 radical (unpaired) electrons. The molecule has 0 saturated carbocycles. The van der Waals surface area contributed by atoms with E-state index in [0.717, 1.165) is 12.8 Å². The minimum absolute atomic E-state index is 0.128. The molecule has 1 heterocycles. The van der Waals surface area contributed by atoms with Gasteiger partial charge in [0.2, 0.25) is 11.8 Å². The maximum absolute atomic E-state index is 7.59. The number of pyridine rings is 1. The zero-order chi connectivity index (χ0) is 12.7. The molecule has 0 aliphatic rings. The number of nitrogens with zero attached hydrogens (tertiary/aromatic N) is 1. The van der Waals surface area contributed by atoms with E-state index in [-0.39, 0.29) is 5.90 Å². The zero-order valence-corrected chi connectivity index (χ0v) is 10.7. The minimum Gasteiger partial charge on any atom is -0.421 e. The van der Waals surface area contributed by atoms with Crippen LogP contribution in [0, 0.1) is 5.41 Å². The molecule has 1 N–H and O–H groups in total. The lowest BCUT2D eigenvalue weighted by molar-refractivity contribution is 0.526. The quantitative estimate of drug-likeness (QED) is 0.617. The van der Waals surface area contributed by atoms with Crippen LogP contribution < -0.4 is 4.74 Å². The predicted molar refractivity (Wildman–Crippen MR) is 70.7 cm³/mol. The second kappa shape index (κ2) is 6.84. The van der Waals surface area contributed by atoms with Gasteiger partial charge in [-0.15, -0.1) is 0 Å². The maximum atomic E-state index is 7.59. The number of ether oxygens (including phenoxy) is 1. The van der Waals surface area contributed by atoms with E-state index in [1.54, 1.807) is 18.3 Å². The highest BCUT2D eigenvalue weighted by molar-refractivity contribution is 5.86. The van der Waals surface area contributed by atoms with E-state index in [1.807, 2.05) is 12.1 Å². The van der Waals surface area contributed by atoms with Crippen LogP contribution in [-0.2, 0) is 0 Å². The van der Waals surface area contributed by atoms with Crippen LogP contribution in [0.25, 0.3) is 0 Å². The van der Waals surface area contributed by atoms with Crippen LogP contribution in [0.5, 0.6) is 5.88 Å². The normalized spacial score (nSPS) is 11.1. The van der Waals surface area contributed by atoms with Crippen LogP contribution in [0.4, 0.5) is 0 Å². The summed E-state index contributed by atoms with van der Waals surface area (Å²) >= 11 is 0. The van der Waals surface area contributed by atoms with Gasteiger partial charge in [0.25, 0.3) is 0 Å². The van der Waals surface area contributed by atoms with Crippen molar-refractivity contribution in [3.63, 3.8) is 0 Å². The Morgan fingerprint density at radius 3 is 2.76 bits per heavy atom. The summed E-state index contributed by atoms with van der Waals surface area (Å²) in [6.45, 7) is 6.33. The van der Waals surface area contributed by atoms with Gasteiger partial charge in [-0.2, -0.15) is 0 Å². The fourth-order valence-corrected chi connectivity index (χ4v) is 1.30. The Balaban J connectivity index is 2.54. The van der Waals surface area contributed by atoms with Crippen LogP contribution >= 0.6 is 0 Å².